The second-order valence-electron chi connectivity index (χ2n) is 7.99. The molecule has 0 nitrogen and oxygen atoms in total. The van der Waals surface area contributed by atoms with Crippen molar-refractivity contribution in [2.75, 3.05) is 0 Å². The third kappa shape index (κ3) is 7.00. The van der Waals surface area contributed by atoms with Gasteiger partial charge in [0.1, 0.15) is 0 Å². The average Bonchev–Trinajstić information content (AvgIpc) is 2.73. The second kappa shape index (κ2) is 11.5. The standard InChI is InChI=1S/C28H34/c1-2-3-4-5-6-8-12-25-15-11-16-28(22-25)23-27-19-17-26(18-20-27)21-24-13-9-7-10-14-24/h7,9-11,13-20,22H,2-6,8,12,21,23H2,1H3. The maximum atomic E-state index is 2.41. The summed E-state index contributed by atoms with van der Waals surface area (Å²) >= 11 is 0. The minimum Gasteiger partial charge on any atom is -0.0654 e. The lowest BCUT2D eigenvalue weighted by molar-refractivity contribution is 0.607. The van der Waals surface area contributed by atoms with Crippen LogP contribution in [0.5, 0.6) is 0 Å². The first-order valence-corrected chi connectivity index (χ1v) is 11.0. The molecular weight excluding hydrogens is 336 g/mol. The SMILES string of the molecule is CCCCCCCCc1cccc(Cc2ccc(Cc3ccccc3)cc2)c1. The summed E-state index contributed by atoms with van der Waals surface area (Å²) in [4.78, 5) is 0. The number of hydrogen-bond donors (Lipinski definition) is 0. The Morgan fingerprint density at radius 2 is 1.00 bits per heavy atom. The van der Waals surface area contributed by atoms with Gasteiger partial charge >= 0.3 is 0 Å². The van der Waals surface area contributed by atoms with Crippen molar-refractivity contribution < 1.29 is 0 Å². The van der Waals surface area contributed by atoms with Gasteiger partial charge in [0.25, 0.3) is 0 Å². The third-order valence-electron chi connectivity index (χ3n) is 5.49. The molecule has 0 heterocycles. The van der Waals surface area contributed by atoms with Gasteiger partial charge in [-0.15, -0.1) is 0 Å². The molecule has 0 radical (unpaired) electrons. The number of aryl methyl sites for hydroxylation is 1. The molecule has 0 bridgehead atoms. The molecule has 0 unspecified atom stereocenters. The van der Waals surface area contributed by atoms with Gasteiger partial charge in [0.15, 0.2) is 0 Å². The van der Waals surface area contributed by atoms with Crippen molar-refractivity contribution in [2.45, 2.75) is 64.7 Å². The minimum atomic E-state index is 1.01. The molecular formula is C28H34. The Kier molecular flexibility index (Phi) is 8.37. The maximum Gasteiger partial charge on any atom is -0.00257 e. The third-order valence-corrected chi connectivity index (χ3v) is 5.49. The van der Waals surface area contributed by atoms with Crippen molar-refractivity contribution in [3.8, 4) is 0 Å². The van der Waals surface area contributed by atoms with Crippen LogP contribution in [0.3, 0.4) is 0 Å². The van der Waals surface area contributed by atoms with Crippen LogP contribution >= 0.6 is 0 Å². The molecule has 0 saturated heterocycles. The fraction of sp³-hybridized carbons (Fsp3) is 0.357. The normalized spacial score (nSPS) is 10.9. The lowest BCUT2D eigenvalue weighted by Crippen LogP contribution is -1.93. The van der Waals surface area contributed by atoms with Gasteiger partial charge in [0, 0.05) is 0 Å². The van der Waals surface area contributed by atoms with E-state index >= 15 is 0 Å². The summed E-state index contributed by atoms with van der Waals surface area (Å²) in [5.41, 5.74) is 7.07. The van der Waals surface area contributed by atoms with Gasteiger partial charge in [0.05, 0.1) is 0 Å². The van der Waals surface area contributed by atoms with Gasteiger partial charge in [-0.2, -0.15) is 0 Å². The van der Waals surface area contributed by atoms with Crippen LogP contribution in [0.15, 0.2) is 78.9 Å². The summed E-state index contributed by atoms with van der Waals surface area (Å²) < 4.78 is 0. The summed E-state index contributed by atoms with van der Waals surface area (Å²) in [6, 6.07) is 29.0. The van der Waals surface area contributed by atoms with Crippen LogP contribution in [0, 0.1) is 0 Å². The Labute approximate surface area is 171 Å². The van der Waals surface area contributed by atoms with E-state index in [4.69, 9.17) is 0 Å². The Bertz CT molecular complexity index is 799. The summed E-state index contributed by atoms with van der Waals surface area (Å²) in [5, 5.41) is 0. The molecule has 3 rings (SSSR count). The smallest absolute Gasteiger partial charge is 0.00257 e. The Balaban J connectivity index is 1.49. The molecule has 0 fully saturated rings. The molecule has 3 aromatic carbocycles. The van der Waals surface area contributed by atoms with E-state index in [9.17, 15) is 0 Å². The van der Waals surface area contributed by atoms with Gasteiger partial charge < -0.3 is 0 Å². The van der Waals surface area contributed by atoms with Gasteiger partial charge in [-0.25, -0.2) is 0 Å². The molecule has 0 N–H and O–H groups in total. The van der Waals surface area contributed by atoms with Crippen LogP contribution in [0.1, 0.15) is 73.3 Å². The minimum absolute atomic E-state index is 1.01. The second-order valence-corrected chi connectivity index (χ2v) is 7.99. The molecule has 146 valence electrons. The van der Waals surface area contributed by atoms with Crippen molar-refractivity contribution >= 4 is 0 Å². The monoisotopic (exact) mass is 370 g/mol. The first-order chi connectivity index (χ1) is 13.8. The zero-order chi connectivity index (χ0) is 19.4. The average molecular weight is 371 g/mol. The van der Waals surface area contributed by atoms with Crippen LogP contribution in [-0.4, -0.2) is 0 Å². The topological polar surface area (TPSA) is 0 Å². The van der Waals surface area contributed by atoms with Gasteiger partial charge in [-0.3, -0.25) is 0 Å². The first kappa shape index (κ1) is 20.4. The predicted octanol–water partition coefficient (Wildman–Crippen LogP) is 7.77. The zero-order valence-electron chi connectivity index (χ0n) is 17.4. The van der Waals surface area contributed by atoms with Crippen LogP contribution < -0.4 is 0 Å². The zero-order valence-corrected chi connectivity index (χ0v) is 17.4. The predicted molar refractivity (Wildman–Crippen MR) is 122 cm³/mol. The van der Waals surface area contributed by atoms with Gasteiger partial charge in [0.2, 0.25) is 0 Å². The van der Waals surface area contributed by atoms with E-state index in [1.165, 1.54) is 72.8 Å². The highest BCUT2D eigenvalue weighted by molar-refractivity contribution is 5.33. The van der Waals surface area contributed by atoms with Crippen molar-refractivity contribution in [3.05, 3.63) is 107 Å². The molecule has 0 aliphatic rings. The fourth-order valence-electron chi connectivity index (χ4n) is 3.85. The molecule has 0 aliphatic heterocycles. The Hall–Kier alpha value is -2.34. The van der Waals surface area contributed by atoms with Crippen molar-refractivity contribution in [1.29, 1.82) is 0 Å². The Morgan fingerprint density at radius 3 is 1.71 bits per heavy atom. The van der Waals surface area contributed by atoms with Crippen LogP contribution in [0.4, 0.5) is 0 Å². The lowest BCUT2D eigenvalue weighted by atomic mass is 9.98. The highest BCUT2D eigenvalue weighted by atomic mass is 14.1. The van der Waals surface area contributed by atoms with Crippen LogP contribution in [0.2, 0.25) is 0 Å². The summed E-state index contributed by atoms with van der Waals surface area (Å²) in [6.45, 7) is 2.28. The highest BCUT2D eigenvalue weighted by Crippen LogP contribution is 2.16. The van der Waals surface area contributed by atoms with E-state index in [1.54, 1.807) is 0 Å². The molecule has 0 aromatic heterocycles. The van der Waals surface area contributed by atoms with Gasteiger partial charge in [-0.05, 0) is 53.5 Å². The molecule has 0 saturated carbocycles. The Morgan fingerprint density at radius 1 is 0.464 bits per heavy atom. The number of rotatable bonds is 11. The first-order valence-electron chi connectivity index (χ1n) is 11.0. The van der Waals surface area contributed by atoms with E-state index in [0.29, 0.717) is 0 Å². The molecule has 0 aliphatic carbocycles. The molecule has 0 atom stereocenters. The largest absolute Gasteiger partial charge is 0.0654 e. The summed E-state index contributed by atoms with van der Waals surface area (Å²) in [6.07, 6.45) is 11.4. The van der Waals surface area contributed by atoms with E-state index in [2.05, 4.69) is 85.8 Å². The molecule has 28 heavy (non-hydrogen) atoms. The molecule has 0 heteroatoms. The molecule has 0 amide bonds. The van der Waals surface area contributed by atoms with Crippen molar-refractivity contribution in [2.24, 2.45) is 0 Å². The molecule has 0 spiro atoms. The van der Waals surface area contributed by atoms with Crippen molar-refractivity contribution in [3.63, 3.8) is 0 Å². The number of unbranched alkanes of at least 4 members (excludes halogenated alkanes) is 5. The number of hydrogen-bond acceptors (Lipinski definition) is 0. The summed E-state index contributed by atoms with van der Waals surface area (Å²) in [7, 11) is 0. The van der Waals surface area contributed by atoms with Crippen molar-refractivity contribution in [1.82, 2.24) is 0 Å². The maximum absolute atomic E-state index is 2.41. The van der Waals surface area contributed by atoms with Gasteiger partial charge in [-0.1, -0.05) is 118 Å². The number of benzene rings is 3. The van der Waals surface area contributed by atoms with E-state index < -0.39 is 0 Å². The quantitative estimate of drug-likeness (QED) is 0.302. The highest BCUT2D eigenvalue weighted by Gasteiger charge is 2.01. The van der Waals surface area contributed by atoms with Crippen LogP contribution in [-0.2, 0) is 19.3 Å². The van der Waals surface area contributed by atoms with E-state index in [-0.39, 0.29) is 0 Å². The van der Waals surface area contributed by atoms with E-state index in [1.807, 2.05) is 0 Å². The summed E-state index contributed by atoms with van der Waals surface area (Å²) in [5.74, 6) is 0. The molecule has 3 aromatic rings. The fourth-order valence-corrected chi connectivity index (χ4v) is 3.85. The van der Waals surface area contributed by atoms with Crippen LogP contribution in [0.25, 0.3) is 0 Å². The van der Waals surface area contributed by atoms with E-state index in [0.717, 1.165) is 12.8 Å². The lowest BCUT2D eigenvalue weighted by Gasteiger charge is -2.08.